The molecule has 0 aromatic carbocycles. The van der Waals surface area contributed by atoms with E-state index in [1.807, 2.05) is 0 Å². The zero-order chi connectivity index (χ0) is 9.94. The van der Waals surface area contributed by atoms with Crippen molar-refractivity contribution < 1.29 is 5.11 Å². The van der Waals surface area contributed by atoms with E-state index in [1.165, 1.54) is 6.42 Å². The molecule has 1 heteroatoms. The lowest BCUT2D eigenvalue weighted by Crippen LogP contribution is -2.05. The molecule has 0 aliphatic carbocycles. The first kappa shape index (κ1) is 12.7. The van der Waals surface area contributed by atoms with Crippen LogP contribution < -0.4 is 0 Å². The second kappa shape index (κ2) is 9.79. The average molecular weight is 184 g/mol. The molecular weight excluding hydrogens is 160 g/mol. The van der Waals surface area contributed by atoms with E-state index in [1.54, 1.807) is 0 Å². The molecule has 0 spiro atoms. The SMILES string of the molecule is CC/C=C/CCCC(O)CCCC. The second-order valence-corrected chi connectivity index (χ2v) is 3.61. The van der Waals surface area contributed by atoms with E-state index in [9.17, 15) is 5.11 Å². The number of allylic oxidation sites excluding steroid dienone is 2. The lowest BCUT2D eigenvalue weighted by atomic mass is 10.1. The molecule has 0 aliphatic rings. The number of hydrogen-bond donors (Lipinski definition) is 1. The quantitative estimate of drug-likeness (QED) is 0.451. The molecule has 78 valence electrons. The van der Waals surface area contributed by atoms with Gasteiger partial charge in [-0.15, -0.1) is 0 Å². The van der Waals surface area contributed by atoms with Crippen molar-refractivity contribution in [3.63, 3.8) is 0 Å². The Labute approximate surface area is 82.9 Å². The third kappa shape index (κ3) is 9.62. The number of aliphatic hydroxyl groups excluding tert-OH is 1. The van der Waals surface area contributed by atoms with E-state index in [0.717, 1.165) is 38.5 Å². The monoisotopic (exact) mass is 184 g/mol. The van der Waals surface area contributed by atoms with Gasteiger partial charge in [-0.1, -0.05) is 38.8 Å². The van der Waals surface area contributed by atoms with Gasteiger partial charge < -0.3 is 5.11 Å². The fraction of sp³-hybridized carbons (Fsp3) is 0.833. The lowest BCUT2D eigenvalue weighted by Gasteiger charge is -2.07. The Kier molecular flexibility index (Phi) is 9.56. The van der Waals surface area contributed by atoms with Gasteiger partial charge in [0.15, 0.2) is 0 Å². The van der Waals surface area contributed by atoms with E-state index in [0.29, 0.717) is 0 Å². The van der Waals surface area contributed by atoms with Gasteiger partial charge in [0.05, 0.1) is 6.10 Å². The van der Waals surface area contributed by atoms with Crippen LogP contribution in [0.15, 0.2) is 12.2 Å². The first-order valence-corrected chi connectivity index (χ1v) is 5.64. The molecule has 0 rings (SSSR count). The van der Waals surface area contributed by atoms with Crippen molar-refractivity contribution in [3.05, 3.63) is 12.2 Å². The van der Waals surface area contributed by atoms with Crippen molar-refractivity contribution in [1.29, 1.82) is 0 Å². The van der Waals surface area contributed by atoms with E-state index < -0.39 is 0 Å². The van der Waals surface area contributed by atoms with Gasteiger partial charge in [-0.05, 0) is 32.1 Å². The van der Waals surface area contributed by atoms with Crippen LogP contribution in [0.5, 0.6) is 0 Å². The molecule has 0 aromatic rings. The van der Waals surface area contributed by atoms with Gasteiger partial charge in [0.1, 0.15) is 0 Å². The maximum atomic E-state index is 9.51. The van der Waals surface area contributed by atoms with Crippen molar-refractivity contribution in [3.8, 4) is 0 Å². The zero-order valence-electron chi connectivity index (χ0n) is 9.13. The molecule has 13 heavy (non-hydrogen) atoms. The molecule has 1 nitrogen and oxygen atoms in total. The van der Waals surface area contributed by atoms with Crippen LogP contribution in [0.3, 0.4) is 0 Å². The molecule has 0 saturated heterocycles. The summed E-state index contributed by atoms with van der Waals surface area (Å²) in [6, 6.07) is 0. The van der Waals surface area contributed by atoms with Gasteiger partial charge in [-0.25, -0.2) is 0 Å². The predicted octanol–water partition coefficient (Wildman–Crippen LogP) is 3.67. The molecule has 0 heterocycles. The smallest absolute Gasteiger partial charge is 0.0540 e. The van der Waals surface area contributed by atoms with Crippen LogP contribution in [0.4, 0.5) is 0 Å². The Morgan fingerprint density at radius 3 is 2.38 bits per heavy atom. The highest BCUT2D eigenvalue weighted by Crippen LogP contribution is 2.08. The molecule has 0 radical (unpaired) electrons. The van der Waals surface area contributed by atoms with Crippen molar-refractivity contribution >= 4 is 0 Å². The number of unbranched alkanes of at least 4 members (excludes halogenated alkanes) is 2. The summed E-state index contributed by atoms with van der Waals surface area (Å²) in [4.78, 5) is 0. The van der Waals surface area contributed by atoms with Crippen LogP contribution in [0, 0.1) is 0 Å². The number of hydrogen-bond acceptors (Lipinski definition) is 1. The molecule has 0 aliphatic heterocycles. The molecule has 1 atom stereocenters. The lowest BCUT2D eigenvalue weighted by molar-refractivity contribution is 0.149. The van der Waals surface area contributed by atoms with E-state index >= 15 is 0 Å². The Morgan fingerprint density at radius 1 is 1.08 bits per heavy atom. The van der Waals surface area contributed by atoms with Crippen molar-refractivity contribution in [2.24, 2.45) is 0 Å². The number of aliphatic hydroxyl groups is 1. The molecule has 1 N–H and O–H groups in total. The molecule has 0 fully saturated rings. The first-order chi connectivity index (χ1) is 6.31. The normalized spacial score (nSPS) is 13.8. The van der Waals surface area contributed by atoms with E-state index in [2.05, 4.69) is 26.0 Å². The summed E-state index contributed by atoms with van der Waals surface area (Å²) in [5.74, 6) is 0. The van der Waals surface area contributed by atoms with Crippen LogP contribution in [0.1, 0.15) is 58.8 Å². The summed E-state index contributed by atoms with van der Waals surface area (Å²) >= 11 is 0. The molecular formula is C12H24O. The van der Waals surface area contributed by atoms with Crippen LogP contribution in [-0.2, 0) is 0 Å². The average Bonchev–Trinajstić information content (AvgIpc) is 2.14. The predicted molar refractivity (Wildman–Crippen MR) is 58.8 cm³/mol. The summed E-state index contributed by atoms with van der Waals surface area (Å²) in [5, 5.41) is 9.51. The molecule has 0 bridgehead atoms. The van der Waals surface area contributed by atoms with E-state index in [-0.39, 0.29) is 6.10 Å². The maximum Gasteiger partial charge on any atom is 0.0540 e. The van der Waals surface area contributed by atoms with Gasteiger partial charge in [0.2, 0.25) is 0 Å². The van der Waals surface area contributed by atoms with Crippen LogP contribution >= 0.6 is 0 Å². The Hall–Kier alpha value is -0.300. The Bertz CT molecular complexity index is 118. The van der Waals surface area contributed by atoms with Crippen LogP contribution in [0.25, 0.3) is 0 Å². The highest BCUT2D eigenvalue weighted by Gasteiger charge is 2.01. The fourth-order valence-corrected chi connectivity index (χ4v) is 1.34. The highest BCUT2D eigenvalue weighted by atomic mass is 16.3. The highest BCUT2D eigenvalue weighted by molar-refractivity contribution is 4.80. The Morgan fingerprint density at radius 2 is 1.77 bits per heavy atom. The summed E-state index contributed by atoms with van der Waals surface area (Å²) in [6.45, 7) is 4.31. The van der Waals surface area contributed by atoms with Gasteiger partial charge in [0.25, 0.3) is 0 Å². The fourth-order valence-electron chi connectivity index (χ4n) is 1.34. The van der Waals surface area contributed by atoms with Gasteiger partial charge in [-0.2, -0.15) is 0 Å². The molecule has 0 amide bonds. The third-order valence-corrected chi connectivity index (χ3v) is 2.20. The summed E-state index contributed by atoms with van der Waals surface area (Å²) in [6.07, 6.45) is 12.0. The largest absolute Gasteiger partial charge is 0.393 e. The van der Waals surface area contributed by atoms with Crippen molar-refractivity contribution in [1.82, 2.24) is 0 Å². The van der Waals surface area contributed by atoms with Crippen molar-refractivity contribution in [2.75, 3.05) is 0 Å². The minimum absolute atomic E-state index is 0.0602. The van der Waals surface area contributed by atoms with Crippen LogP contribution in [0.2, 0.25) is 0 Å². The zero-order valence-corrected chi connectivity index (χ0v) is 9.13. The van der Waals surface area contributed by atoms with E-state index in [4.69, 9.17) is 0 Å². The van der Waals surface area contributed by atoms with Gasteiger partial charge in [-0.3, -0.25) is 0 Å². The minimum Gasteiger partial charge on any atom is -0.393 e. The van der Waals surface area contributed by atoms with Crippen LogP contribution in [-0.4, -0.2) is 11.2 Å². The van der Waals surface area contributed by atoms with Crippen molar-refractivity contribution in [2.45, 2.75) is 64.9 Å². The summed E-state index contributed by atoms with van der Waals surface area (Å²) in [5.41, 5.74) is 0. The molecule has 0 aromatic heterocycles. The van der Waals surface area contributed by atoms with Gasteiger partial charge in [0, 0.05) is 0 Å². The Balaban J connectivity index is 3.16. The van der Waals surface area contributed by atoms with Gasteiger partial charge >= 0.3 is 0 Å². The molecule has 0 saturated carbocycles. The minimum atomic E-state index is -0.0602. The second-order valence-electron chi connectivity index (χ2n) is 3.61. The third-order valence-electron chi connectivity index (χ3n) is 2.20. The first-order valence-electron chi connectivity index (χ1n) is 5.64. The summed E-state index contributed by atoms with van der Waals surface area (Å²) in [7, 11) is 0. The summed E-state index contributed by atoms with van der Waals surface area (Å²) < 4.78 is 0. The standard InChI is InChI=1S/C12H24O/c1-3-5-7-8-9-11-12(13)10-6-4-2/h5,7,12-13H,3-4,6,8-11H2,1-2H3/b7-5+. The topological polar surface area (TPSA) is 20.2 Å². The maximum absolute atomic E-state index is 9.51. The molecule has 1 unspecified atom stereocenters. The number of rotatable bonds is 8.